The minimum Gasteiger partial charge on any atom is -0.454 e. The molecule has 136 valence electrons. The molecule has 0 bridgehead atoms. The Morgan fingerprint density at radius 2 is 1.67 bits per heavy atom. The molecule has 0 aliphatic rings. The van der Waals surface area contributed by atoms with Gasteiger partial charge in [-0.05, 0) is 56.0 Å². The average Bonchev–Trinajstić information content (AvgIpc) is 3.12. The van der Waals surface area contributed by atoms with Gasteiger partial charge in [0.15, 0.2) is 5.58 Å². The smallest absolute Gasteiger partial charge is 0.161 e. The first-order chi connectivity index (χ1) is 13.0. The highest BCUT2D eigenvalue weighted by atomic mass is 32.2. The number of hydrogen-bond acceptors (Lipinski definition) is 5. The Balaban J connectivity index is 1.82. The van der Waals surface area contributed by atoms with Crippen LogP contribution in [0.4, 0.5) is 0 Å². The molecule has 0 spiro atoms. The lowest BCUT2D eigenvalue weighted by molar-refractivity contribution is 0.0739. The first-order valence-electron chi connectivity index (χ1n) is 8.68. The van der Waals surface area contributed by atoms with Crippen molar-refractivity contribution >= 4 is 22.9 Å². The molecule has 0 aliphatic heterocycles. The minimum absolute atomic E-state index is 0.615. The number of rotatable bonds is 4. The van der Waals surface area contributed by atoms with Gasteiger partial charge in [0, 0.05) is 34.5 Å². The predicted octanol–water partition coefficient (Wildman–Crippen LogP) is 5.51. The average molecular weight is 376 g/mol. The molecule has 3 heterocycles. The van der Waals surface area contributed by atoms with Crippen molar-refractivity contribution in [2.45, 2.75) is 24.3 Å². The zero-order chi connectivity index (χ0) is 19.0. The van der Waals surface area contributed by atoms with Crippen LogP contribution in [0.1, 0.15) is 19.5 Å². The fourth-order valence-electron chi connectivity index (χ4n) is 3.00. The van der Waals surface area contributed by atoms with Crippen molar-refractivity contribution in [3.63, 3.8) is 0 Å². The number of benzene rings is 1. The molecule has 0 radical (unpaired) electrons. The van der Waals surface area contributed by atoms with Gasteiger partial charge in [0.05, 0.1) is 5.69 Å². The molecule has 4 nitrogen and oxygen atoms in total. The maximum absolute atomic E-state index is 10.3. The Bertz CT molecular complexity index is 1100. The second kappa shape index (κ2) is 6.83. The van der Waals surface area contributed by atoms with Crippen molar-refractivity contribution < 1.29 is 9.52 Å². The van der Waals surface area contributed by atoms with Crippen LogP contribution in [-0.2, 0) is 5.60 Å². The van der Waals surface area contributed by atoms with Gasteiger partial charge in [-0.1, -0.05) is 12.1 Å². The predicted molar refractivity (Wildman–Crippen MR) is 110 cm³/mol. The number of hydrogen-bond donors (Lipinski definition) is 1. The first kappa shape index (κ1) is 17.8. The van der Waals surface area contributed by atoms with Crippen LogP contribution in [0.5, 0.6) is 0 Å². The summed E-state index contributed by atoms with van der Waals surface area (Å²) in [6, 6.07) is 16.0. The Labute approximate surface area is 162 Å². The van der Waals surface area contributed by atoms with Gasteiger partial charge >= 0.3 is 0 Å². The molecule has 0 fully saturated rings. The number of furan rings is 1. The summed E-state index contributed by atoms with van der Waals surface area (Å²) in [5, 5.41) is 10.3. The molecule has 4 aromatic rings. The van der Waals surface area contributed by atoms with E-state index in [0.29, 0.717) is 5.69 Å². The van der Waals surface area contributed by atoms with E-state index in [1.165, 1.54) is 4.90 Å². The maximum Gasteiger partial charge on any atom is 0.161 e. The molecular formula is C22H20N2O2S. The van der Waals surface area contributed by atoms with Crippen molar-refractivity contribution in [1.82, 2.24) is 9.97 Å². The summed E-state index contributed by atoms with van der Waals surface area (Å²) in [4.78, 5) is 9.96. The second-order valence-corrected chi connectivity index (χ2v) is 7.78. The quantitative estimate of drug-likeness (QED) is 0.476. The number of thioether (sulfide) groups is 1. The molecule has 4 rings (SSSR count). The van der Waals surface area contributed by atoms with Crippen LogP contribution < -0.4 is 0 Å². The SMILES string of the molecule is CSc1ccc(-c2cc3nccc(-c4ccnc(C(C)(C)O)c4)c3o2)cc1. The van der Waals surface area contributed by atoms with E-state index in [-0.39, 0.29) is 0 Å². The Kier molecular flexibility index (Phi) is 4.50. The monoisotopic (exact) mass is 376 g/mol. The minimum atomic E-state index is -1.00. The van der Waals surface area contributed by atoms with Crippen LogP contribution in [0.25, 0.3) is 33.6 Å². The van der Waals surface area contributed by atoms with Gasteiger partial charge in [-0.15, -0.1) is 11.8 Å². The van der Waals surface area contributed by atoms with Gasteiger partial charge in [0.1, 0.15) is 16.9 Å². The zero-order valence-electron chi connectivity index (χ0n) is 15.4. The molecule has 0 unspecified atom stereocenters. The lowest BCUT2D eigenvalue weighted by Gasteiger charge is -2.17. The zero-order valence-corrected chi connectivity index (χ0v) is 16.2. The summed E-state index contributed by atoms with van der Waals surface area (Å²) in [5.74, 6) is 0.786. The first-order valence-corrected chi connectivity index (χ1v) is 9.90. The lowest BCUT2D eigenvalue weighted by atomic mass is 10.00. The third kappa shape index (κ3) is 3.48. The molecule has 0 aliphatic carbocycles. The summed E-state index contributed by atoms with van der Waals surface area (Å²) in [7, 11) is 0. The molecule has 27 heavy (non-hydrogen) atoms. The topological polar surface area (TPSA) is 59.2 Å². The van der Waals surface area contributed by atoms with Crippen molar-refractivity contribution in [2.24, 2.45) is 0 Å². The molecule has 5 heteroatoms. The van der Waals surface area contributed by atoms with E-state index in [2.05, 4.69) is 40.5 Å². The van der Waals surface area contributed by atoms with E-state index in [4.69, 9.17) is 4.42 Å². The number of aromatic nitrogens is 2. The fraction of sp³-hybridized carbons (Fsp3) is 0.182. The second-order valence-electron chi connectivity index (χ2n) is 6.90. The highest BCUT2D eigenvalue weighted by molar-refractivity contribution is 7.98. The summed E-state index contributed by atoms with van der Waals surface area (Å²) in [6.07, 6.45) is 5.54. The molecular weight excluding hydrogens is 356 g/mol. The van der Waals surface area contributed by atoms with Crippen molar-refractivity contribution in [3.05, 3.63) is 66.6 Å². The standard InChI is InChI=1S/C22H20N2O2S/c1-22(2,25)20-12-15(8-10-24-20)17-9-11-23-18-13-19(26-21(17)18)14-4-6-16(27-3)7-5-14/h4-13,25H,1-3H3. The molecule has 3 aromatic heterocycles. The van der Waals surface area contributed by atoms with Gasteiger partial charge < -0.3 is 9.52 Å². The number of pyridine rings is 2. The normalized spacial score (nSPS) is 11.9. The molecule has 0 saturated carbocycles. The number of nitrogens with zero attached hydrogens (tertiary/aromatic N) is 2. The summed E-state index contributed by atoms with van der Waals surface area (Å²) < 4.78 is 6.19. The Morgan fingerprint density at radius 1 is 0.926 bits per heavy atom. The maximum atomic E-state index is 10.3. The van der Waals surface area contributed by atoms with Crippen LogP contribution >= 0.6 is 11.8 Å². The van der Waals surface area contributed by atoms with E-state index in [9.17, 15) is 5.11 Å². The van der Waals surface area contributed by atoms with Gasteiger partial charge in [0.2, 0.25) is 0 Å². The van der Waals surface area contributed by atoms with Crippen molar-refractivity contribution in [2.75, 3.05) is 6.26 Å². The van der Waals surface area contributed by atoms with Crippen molar-refractivity contribution in [3.8, 4) is 22.5 Å². The summed E-state index contributed by atoms with van der Waals surface area (Å²) >= 11 is 1.71. The van der Waals surface area contributed by atoms with Gasteiger partial charge in [0.25, 0.3) is 0 Å². The highest BCUT2D eigenvalue weighted by Gasteiger charge is 2.19. The van der Waals surface area contributed by atoms with Crippen LogP contribution in [0.3, 0.4) is 0 Å². The van der Waals surface area contributed by atoms with E-state index in [0.717, 1.165) is 33.6 Å². The molecule has 0 atom stereocenters. The summed E-state index contributed by atoms with van der Waals surface area (Å²) in [6.45, 7) is 3.45. The third-order valence-corrected chi connectivity index (χ3v) is 5.23. The van der Waals surface area contributed by atoms with Crippen LogP contribution in [-0.4, -0.2) is 21.3 Å². The lowest BCUT2D eigenvalue weighted by Crippen LogP contribution is -2.17. The Hall–Kier alpha value is -2.63. The van der Waals surface area contributed by atoms with Crippen LogP contribution in [0.2, 0.25) is 0 Å². The van der Waals surface area contributed by atoms with Crippen molar-refractivity contribution in [1.29, 1.82) is 0 Å². The highest BCUT2D eigenvalue weighted by Crippen LogP contribution is 2.34. The number of aliphatic hydroxyl groups is 1. The summed E-state index contributed by atoms with van der Waals surface area (Å²) in [5.41, 5.74) is 4.03. The third-order valence-electron chi connectivity index (χ3n) is 4.48. The fourth-order valence-corrected chi connectivity index (χ4v) is 3.40. The molecule has 1 aromatic carbocycles. The largest absolute Gasteiger partial charge is 0.454 e. The van der Waals surface area contributed by atoms with Gasteiger partial charge in [-0.25, -0.2) is 0 Å². The number of fused-ring (bicyclic) bond motifs is 1. The Morgan fingerprint density at radius 3 is 2.37 bits per heavy atom. The van der Waals surface area contributed by atoms with E-state index >= 15 is 0 Å². The van der Waals surface area contributed by atoms with Crippen LogP contribution in [0.15, 0.2) is 70.2 Å². The van der Waals surface area contributed by atoms with Gasteiger partial charge in [-0.3, -0.25) is 9.97 Å². The molecule has 1 N–H and O–H groups in total. The van der Waals surface area contributed by atoms with E-state index in [1.807, 2.05) is 24.3 Å². The molecule has 0 amide bonds. The van der Waals surface area contributed by atoms with Crippen LogP contribution in [0, 0.1) is 0 Å². The van der Waals surface area contributed by atoms with Gasteiger partial charge in [-0.2, -0.15) is 0 Å². The van der Waals surface area contributed by atoms with E-state index < -0.39 is 5.60 Å². The molecule has 0 saturated heterocycles. The van der Waals surface area contributed by atoms with E-state index in [1.54, 1.807) is 38.0 Å².